The summed E-state index contributed by atoms with van der Waals surface area (Å²) in [5, 5.41) is 3.05. The molecule has 7 heteroatoms. The van der Waals surface area contributed by atoms with E-state index < -0.39 is 29.1 Å². The quantitative estimate of drug-likeness (QED) is 0.515. The standard InChI is InChI=1S/C26H22F2N2O3/c1-4-33-20-8-5-17(6-9-20)23-24(29-19-12-15(2)11-16(3)13-19)26(32)30(25(23)31)22-14-18(27)7-10-21(22)28/h5-14,29H,4H2,1-3H3. The Bertz CT molecular complexity index is 1260. The maximum Gasteiger partial charge on any atom is 0.282 e. The van der Waals surface area contributed by atoms with Gasteiger partial charge in [0.2, 0.25) is 0 Å². The summed E-state index contributed by atoms with van der Waals surface area (Å²) < 4.78 is 33.8. The normalized spacial score (nSPS) is 13.7. The first-order valence-corrected chi connectivity index (χ1v) is 10.4. The van der Waals surface area contributed by atoms with E-state index in [1.54, 1.807) is 24.3 Å². The number of rotatable bonds is 6. The van der Waals surface area contributed by atoms with Crippen LogP contribution in [0.1, 0.15) is 23.6 Å². The molecule has 0 fully saturated rings. The summed E-state index contributed by atoms with van der Waals surface area (Å²) in [6, 6.07) is 15.0. The number of carbonyl (C=O) groups is 2. The molecule has 3 aromatic rings. The van der Waals surface area contributed by atoms with E-state index in [0.717, 1.165) is 29.3 Å². The number of nitrogens with zero attached hydrogens (tertiary/aromatic N) is 1. The highest BCUT2D eigenvalue weighted by Gasteiger charge is 2.41. The van der Waals surface area contributed by atoms with Crippen LogP contribution in [0.15, 0.2) is 66.4 Å². The van der Waals surface area contributed by atoms with Crippen LogP contribution in [0.5, 0.6) is 5.75 Å². The van der Waals surface area contributed by atoms with Crippen LogP contribution >= 0.6 is 0 Å². The van der Waals surface area contributed by atoms with Crippen LogP contribution in [0.25, 0.3) is 5.57 Å². The number of ether oxygens (including phenoxy) is 1. The molecule has 0 radical (unpaired) electrons. The fraction of sp³-hybridized carbons (Fsp3) is 0.154. The predicted molar refractivity (Wildman–Crippen MR) is 123 cm³/mol. The zero-order chi connectivity index (χ0) is 23.7. The molecule has 1 aliphatic heterocycles. The number of hydrogen-bond donors (Lipinski definition) is 1. The summed E-state index contributed by atoms with van der Waals surface area (Å²) >= 11 is 0. The fourth-order valence-electron chi connectivity index (χ4n) is 3.87. The van der Waals surface area contributed by atoms with Crippen LogP contribution in [-0.4, -0.2) is 18.4 Å². The van der Waals surface area contributed by atoms with Crippen molar-refractivity contribution in [3.8, 4) is 5.75 Å². The van der Waals surface area contributed by atoms with E-state index in [0.29, 0.717) is 28.5 Å². The third-order valence-electron chi connectivity index (χ3n) is 5.18. The van der Waals surface area contributed by atoms with Crippen molar-refractivity contribution in [2.24, 2.45) is 0 Å². The molecule has 0 saturated heterocycles. The van der Waals surface area contributed by atoms with Gasteiger partial charge in [0.25, 0.3) is 11.8 Å². The Kier molecular flexibility index (Phi) is 5.96. The second-order valence-electron chi connectivity index (χ2n) is 7.75. The molecule has 0 aliphatic carbocycles. The number of benzene rings is 3. The molecule has 0 spiro atoms. The maximum atomic E-state index is 14.5. The first-order valence-electron chi connectivity index (χ1n) is 10.4. The summed E-state index contributed by atoms with van der Waals surface area (Å²) in [6.07, 6.45) is 0. The van der Waals surface area contributed by atoms with Gasteiger partial charge in [-0.3, -0.25) is 9.59 Å². The summed E-state index contributed by atoms with van der Waals surface area (Å²) in [4.78, 5) is 27.5. The molecule has 0 unspecified atom stereocenters. The number of halogens is 2. The minimum Gasteiger partial charge on any atom is -0.494 e. The first-order chi connectivity index (χ1) is 15.8. The molecule has 2 amide bonds. The Hall–Kier alpha value is -4.00. The van der Waals surface area contributed by atoms with Crippen molar-refractivity contribution in [3.05, 3.63) is 94.7 Å². The van der Waals surface area contributed by atoms with E-state index >= 15 is 0 Å². The Morgan fingerprint density at radius 1 is 0.879 bits per heavy atom. The highest BCUT2D eigenvalue weighted by molar-refractivity contribution is 6.46. The Labute approximate surface area is 190 Å². The van der Waals surface area contributed by atoms with Crippen LogP contribution in [0.3, 0.4) is 0 Å². The average Bonchev–Trinajstić information content (AvgIpc) is 2.99. The maximum absolute atomic E-state index is 14.5. The van der Waals surface area contributed by atoms with Gasteiger partial charge in [-0.25, -0.2) is 13.7 Å². The Morgan fingerprint density at radius 2 is 1.55 bits per heavy atom. The molecule has 0 bridgehead atoms. The molecule has 1 aliphatic rings. The molecule has 0 atom stereocenters. The SMILES string of the molecule is CCOc1ccc(C2=C(Nc3cc(C)cc(C)c3)C(=O)N(c3cc(F)ccc3F)C2=O)cc1. The van der Waals surface area contributed by atoms with Crippen LogP contribution in [0.2, 0.25) is 0 Å². The minimum atomic E-state index is -0.878. The summed E-state index contributed by atoms with van der Waals surface area (Å²) in [6.45, 7) is 6.16. The van der Waals surface area contributed by atoms with Crippen molar-refractivity contribution in [1.82, 2.24) is 0 Å². The highest BCUT2D eigenvalue weighted by Crippen LogP contribution is 2.36. The van der Waals surface area contributed by atoms with E-state index in [1.807, 2.05) is 39.0 Å². The monoisotopic (exact) mass is 448 g/mol. The summed E-state index contributed by atoms with van der Waals surface area (Å²) in [5.41, 5.74) is 2.59. The number of aryl methyl sites for hydroxylation is 2. The molecule has 0 aromatic heterocycles. The molecule has 3 aromatic carbocycles. The number of imide groups is 1. The van der Waals surface area contributed by atoms with Gasteiger partial charge >= 0.3 is 0 Å². The number of carbonyl (C=O) groups excluding carboxylic acids is 2. The van der Waals surface area contributed by atoms with Gasteiger partial charge in [-0.2, -0.15) is 0 Å². The van der Waals surface area contributed by atoms with Crippen LogP contribution in [0.4, 0.5) is 20.2 Å². The Morgan fingerprint density at radius 3 is 2.18 bits per heavy atom. The van der Waals surface area contributed by atoms with Crippen molar-refractivity contribution >= 4 is 28.8 Å². The van der Waals surface area contributed by atoms with Gasteiger partial charge in [0.05, 0.1) is 17.9 Å². The second kappa shape index (κ2) is 8.86. The van der Waals surface area contributed by atoms with Gasteiger partial charge in [0.1, 0.15) is 23.1 Å². The first kappa shape index (κ1) is 22.2. The second-order valence-corrected chi connectivity index (χ2v) is 7.75. The minimum absolute atomic E-state index is 0.0159. The number of amides is 2. The van der Waals surface area contributed by atoms with Gasteiger partial charge in [0, 0.05) is 11.8 Å². The molecule has 4 rings (SSSR count). The van der Waals surface area contributed by atoms with E-state index in [2.05, 4.69) is 5.32 Å². The lowest BCUT2D eigenvalue weighted by atomic mass is 10.0. The zero-order valence-corrected chi connectivity index (χ0v) is 18.4. The van der Waals surface area contributed by atoms with E-state index in [9.17, 15) is 18.4 Å². The lowest BCUT2D eigenvalue weighted by molar-refractivity contribution is -0.120. The molecular formula is C26H22F2N2O3. The van der Waals surface area contributed by atoms with Crippen molar-refractivity contribution < 1.29 is 23.1 Å². The molecular weight excluding hydrogens is 426 g/mol. The number of anilines is 2. The lowest BCUT2D eigenvalue weighted by Gasteiger charge is -2.16. The lowest BCUT2D eigenvalue weighted by Crippen LogP contribution is -2.33. The fourth-order valence-corrected chi connectivity index (χ4v) is 3.87. The Balaban J connectivity index is 1.84. The van der Waals surface area contributed by atoms with Crippen molar-refractivity contribution in [1.29, 1.82) is 0 Å². The molecule has 1 heterocycles. The van der Waals surface area contributed by atoms with Crippen LogP contribution in [0, 0.1) is 25.5 Å². The van der Waals surface area contributed by atoms with E-state index in [4.69, 9.17) is 4.74 Å². The van der Waals surface area contributed by atoms with Gasteiger partial charge in [0.15, 0.2) is 0 Å². The van der Waals surface area contributed by atoms with Crippen LogP contribution in [-0.2, 0) is 9.59 Å². The van der Waals surface area contributed by atoms with Gasteiger partial charge in [-0.05, 0) is 73.9 Å². The molecule has 5 nitrogen and oxygen atoms in total. The topological polar surface area (TPSA) is 58.6 Å². The third kappa shape index (κ3) is 4.35. The van der Waals surface area contributed by atoms with Crippen molar-refractivity contribution in [3.63, 3.8) is 0 Å². The van der Waals surface area contributed by atoms with Gasteiger partial charge < -0.3 is 10.1 Å². The van der Waals surface area contributed by atoms with Gasteiger partial charge in [-0.15, -0.1) is 0 Å². The number of hydrogen-bond acceptors (Lipinski definition) is 4. The van der Waals surface area contributed by atoms with E-state index in [-0.39, 0.29) is 11.3 Å². The molecule has 1 N–H and O–H groups in total. The van der Waals surface area contributed by atoms with Crippen molar-refractivity contribution in [2.45, 2.75) is 20.8 Å². The molecule has 33 heavy (non-hydrogen) atoms. The van der Waals surface area contributed by atoms with Crippen molar-refractivity contribution in [2.75, 3.05) is 16.8 Å². The highest BCUT2D eigenvalue weighted by atomic mass is 19.1. The summed E-state index contributed by atoms with van der Waals surface area (Å²) in [7, 11) is 0. The van der Waals surface area contributed by atoms with E-state index in [1.165, 1.54) is 0 Å². The number of nitrogens with one attached hydrogen (secondary N) is 1. The average molecular weight is 448 g/mol. The smallest absolute Gasteiger partial charge is 0.282 e. The predicted octanol–water partition coefficient (Wildman–Crippen LogP) is 5.38. The van der Waals surface area contributed by atoms with Gasteiger partial charge in [-0.1, -0.05) is 18.2 Å². The molecule has 0 saturated carbocycles. The summed E-state index contributed by atoms with van der Waals surface area (Å²) in [5.74, 6) is -2.55. The van der Waals surface area contributed by atoms with Crippen LogP contribution < -0.4 is 15.0 Å². The zero-order valence-electron chi connectivity index (χ0n) is 18.4. The third-order valence-corrected chi connectivity index (χ3v) is 5.18. The largest absolute Gasteiger partial charge is 0.494 e. The molecule has 168 valence electrons.